The van der Waals surface area contributed by atoms with E-state index in [9.17, 15) is 8.42 Å². The van der Waals surface area contributed by atoms with Crippen molar-refractivity contribution in [3.63, 3.8) is 0 Å². The molecule has 1 aliphatic rings. The van der Waals surface area contributed by atoms with Crippen molar-refractivity contribution in [2.24, 2.45) is 5.73 Å². The first kappa shape index (κ1) is 15.7. The van der Waals surface area contributed by atoms with E-state index in [2.05, 4.69) is 25.6 Å². The third-order valence-electron chi connectivity index (χ3n) is 3.42. The van der Waals surface area contributed by atoms with E-state index in [1.165, 1.54) is 4.31 Å². The molecule has 1 aromatic rings. The second-order valence-electron chi connectivity index (χ2n) is 4.92. The van der Waals surface area contributed by atoms with Gasteiger partial charge in [-0.05, 0) is 47.3 Å². The molecule has 1 atom stereocenters. The molecule has 2 rings (SSSR count). The van der Waals surface area contributed by atoms with Crippen LogP contribution in [-0.4, -0.2) is 36.8 Å². The average molecular weight is 363 g/mol. The van der Waals surface area contributed by atoms with Crippen molar-refractivity contribution < 1.29 is 8.42 Å². The Labute approximate surface area is 128 Å². The van der Waals surface area contributed by atoms with E-state index in [4.69, 9.17) is 5.73 Å². The fraction of sp³-hybridized carbons (Fsp3) is 0.583. The van der Waals surface area contributed by atoms with Gasteiger partial charge in [-0.2, -0.15) is 12.7 Å². The van der Waals surface area contributed by atoms with Crippen molar-refractivity contribution in [1.82, 2.24) is 9.29 Å². The molecule has 1 aromatic heterocycles. The van der Waals surface area contributed by atoms with Crippen molar-refractivity contribution in [2.45, 2.75) is 32.2 Å². The first-order chi connectivity index (χ1) is 9.44. The SMILES string of the molecule is Cc1cc(Br)cnc1NS(=O)(=O)N1CCCCC1CN. The molecule has 1 fully saturated rings. The highest BCUT2D eigenvalue weighted by atomic mass is 79.9. The Kier molecular flexibility index (Phi) is 5.00. The van der Waals surface area contributed by atoms with E-state index in [1.807, 2.05) is 13.0 Å². The van der Waals surface area contributed by atoms with E-state index in [0.29, 0.717) is 18.9 Å². The fourth-order valence-electron chi connectivity index (χ4n) is 2.35. The zero-order valence-corrected chi connectivity index (χ0v) is 13.7. The highest BCUT2D eigenvalue weighted by Gasteiger charge is 2.31. The summed E-state index contributed by atoms with van der Waals surface area (Å²) in [5.74, 6) is 0.356. The van der Waals surface area contributed by atoms with Gasteiger partial charge in [-0.15, -0.1) is 0 Å². The maximum Gasteiger partial charge on any atom is 0.303 e. The normalized spacial score (nSPS) is 20.9. The maximum atomic E-state index is 12.5. The van der Waals surface area contributed by atoms with Gasteiger partial charge in [0.15, 0.2) is 0 Å². The number of aromatic nitrogens is 1. The van der Waals surface area contributed by atoms with Crippen LogP contribution in [0.4, 0.5) is 5.82 Å². The van der Waals surface area contributed by atoms with E-state index >= 15 is 0 Å². The Hall–Kier alpha value is -0.700. The van der Waals surface area contributed by atoms with E-state index in [1.54, 1.807) is 6.20 Å². The molecule has 0 radical (unpaired) electrons. The minimum atomic E-state index is -3.61. The number of nitrogens with one attached hydrogen (secondary N) is 1. The van der Waals surface area contributed by atoms with Crippen molar-refractivity contribution in [2.75, 3.05) is 17.8 Å². The van der Waals surface area contributed by atoms with Crippen LogP contribution in [-0.2, 0) is 10.2 Å². The second-order valence-corrected chi connectivity index (χ2v) is 7.46. The molecule has 0 aliphatic carbocycles. The van der Waals surface area contributed by atoms with Gasteiger partial charge in [-0.25, -0.2) is 4.98 Å². The summed E-state index contributed by atoms with van der Waals surface area (Å²) in [5, 5.41) is 0. The Bertz CT molecular complexity index is 579. The first-order valence-corrected chi connectivity index (χ1v) is 8.79. The Morgan fingerprint density at radius 2 is 2.30 bits per heavy atom. The van der Waals surface area contributed by atoms with Crippen LogP contribution in [0.3, 0.4) is 0 Å². The van der Waals surface area contributed by atoms with Gasteiger partial charge in [0.1, 0.15) is 5.82 Å². The molecule has 1 aliphatic heterocycles. The molecular weight excluding hydrogens is 344 g/mol. The molecule has 0 saturated carbocycles. The van der Waals surface area contributed by atoms with Crippen LogP contribution in [0.2, 0.25) is 0 Å². The summed E-state index contributed by atoms with van der Waals surface area (Å²) in [5.41, 5.74) is 6.45. The summed E-state index contributed by atoms with van der Waals surface area (Å²) < 4.78 is 29.8. The Morgan fingerprint density at radius 1 is 1.55 bits per heavy atom. The second kappa shape index (κ2) is 6.38. The summed E-state index contributed by atoms with van der Waals surface area (Å²) >= 11 is 3.31. The molecule has 8 heteroatoms. The van der Waals surface area contributed by atoms with Crippen LogP contribution in [0.5, 0.6) is 0 Å². The van der Waals surface area contributed by atoms with Crippen LogP contribution >= 0.6 is 15.9 Å². The van der Waals surface area contributed by atoms with Crippen LogP contribution in [0.15, 0.2) is 16.7 Å². The minimum absolute atomic E-state index is 0.128. The summed E-state index contributed by atoms with van der Waals surface area (Å²) in [6.07, 6.45) is 4.26. The van der Waals surface area contributed by atoms with E-state index in [-0.39, 0.29) is 6.04 Å². The molecule has 0 spiro atoms. The molecule has 0 amide bonds. The number of nitrogens with zero attached hydrogens (tertiary/aromatic N) is 2. The van der Waals surface area contributed by atoms with Crippen LogP contribution in [0.25, 0.3) is 0 Å². The lowest BCUT2D eigenvalue weighted by atomic mass is 10.1. The minimum Gasteiger partial charge on any atom is -0.329 e. The van der Waals surface area contributed by atoms with Gasteiger partial charge in [-0.3, -0.25) is 4.72 Å². The largest absolute Gasteiger partial charge is 0.329 e. The van der Waals surface area contributed by atoms with Crippen LogP contribution < -0.4 is 10.5 Å². The number of rotatable bonds is 4. The summed E-state index contributed by atoms with van der Waals surface area (Å²) in [6, 6.07) is 1.69. The number of anilines is 1. The zero-order chi connectivity index (χ0) is 14.8. The van der Waals surface area contributed by atoms with Gasteiger partial charge < -0.3 is 5.73 Å². The monoisotopic (exact) mass is 362 g/mol. The molecule has 0 aromatic carbocycles. The number of hydrogen-bond donors (Lipinski definition) is 2. The average Bonchev–Trinajstić information content (AvgIpc) is 2.42. The molecule has 3 N–H and O–H groups in total. The molecule has 1 unspecified atom stereocenters. The summed E-state index contributed by atoms with van der Waals surface area (Å²) in [6.45, 7) is 2.66. The quantitative estimate of drug-likeness (QED) is 0.851. The molecule has 2 heterocycles. The number of hydrogen-bond acceptors (Lipinski definition) is 4. The van der Waals surface area contributed by atoms with Gasteiger partial charge in [0, 0.05) is 29.8 Å². The Morgan fingerprint density at radius 3 is 2.95 bits per heavy atom. The molecular formula is C12H19BrN4O2S. The molecule has 112 valence electrons. The highest BCUT2D eigenvalue weighted by Crippen LogP contribution is 2.23. The third kappa shape index (κ3) is 3.49. The Balaban J connectivity index is 2.21. The predicted octanol–water partition coefficient (Wildman–Crippen LogP) is 1.62. The predicted molar refractivity (Wildman–Crippen MR) is 82.6 cm³/mol. The zero-order valence-electron chi connectivity index (χ0n) is 11.3. The summed E-state index contributed by atoms with van der Waals surface area (Å²) in [4.78, 5) is 4.11. The topological polar surface area (TPSA) is 88.3 Å². The van der Waals surface area contributed by atoms with Gasteiger partial charge in [0.25, 0.3) is 0 Å². The first-order valence-electron chi connectivity index (χ1n) is 6.56. The van der Waals surface area contributed by atoms with Gasteiger partial charge in [0.2, 0.25) is 0 Å². The number of nitrogens with two attached hydrogens (primary N) is 1. The van der Waals surface area contributed by atoms with Crippen LogP contribution in [0, 0.1) is 6.92 Å². The molecule has 1 saturated heterocycles. The van der Waals surface area contributed by atoms with Gasteiger partial charge >= 0.3 is 10.2 Å². The van der Waals surface area contributed by atoms with Crippen molar-refractivity contribution in [3.05, 3.63) is 22.3 Å². The molecule has 0 bridgehead atoms. The van der Waals surface area contributed by atoms with Crippen molar-refractivity contribution in [1.29, 1.82) is 0 Å². The van der Waals surface area contributed by atoms with E-state index < -0.39 is 10.2 Å². The lowest BCUT2D eigenvalue weighted by Crippen LogP contribution is -2.49. The number of pyridine rings is 1. The standard InChI is InChI=1S/C12H19BrN4O2S/c1-9-6-10(13)8-15-12(9)16-20(18,19)17-5-3-2-4-11(17)7-14/h6,8,11H,2-5,7,14H2,1H3,(H,15,16). The van der Waals surface area contributed by atoms with Gasteiger partial charge in [-0.1, -0.05) is 6.42 Å². The third-order valence-corrected chi connectivity index (χ3v) is 5.41. The lowest BCUT2D eigenvalue weighted by Gasteiger charge is -2.33. The molecule has 6 nitrogen and oxygen atoms in total. The smallest absolute Gasteiger partial charge is 0.303 e. The van der Waals surface area contributed by atoms with Crippen molar-refractivity contribution >= 4 is 32.0 Å². The van der Waals surface area contributed by atoms with Crippen LogP contribution in [0.1, 0.15) is 24.8 Å². The summed E-state index contributed by atoms with van der Waals surface area (Å²) in [7, 11) is -3.61. The highest BCUT2D eigenvalue weighted by molar-refractivity contribution is 9.10. The number of piperidine rings is 1. The van der Waals surface area contributed by atoms with Gasteiger partial charge in [0.05, 0.1) is 0 Å². The lowest BCUT2D eigenvalue weighted by molar-refractivity contribution is 0.259. The molecule has 20 heavy (non-hydrogen) atoms. The fourth-order valence-corrected chi connectivity index (χ4v) is 4.33. The maximum absolute atomic E-state index is 12.5. The van der Waals surface area contributed by atoms with E-state index in [0.717, 1.165) is 29.3 Å². The van der Waals surface area contributed by atoms with Crippen molar-refractivity contribution in [3.8, 4) is 0 Å². The number of halogens is 1. The number of aryl methyl sites for hydroxylation is 1.